The van der Waals surface area contributed by atoms with Crippen molar-refractivity contribution in [2.24, 2.45) is 0 Å². The standard InChI is InChI=1S/C23H25N3O3S/c1-4-5-13-26-22(29)19-11-6-7-12-20(19)25-23(26)30-16(3)21(28)24-18-10-8-9-17(14-18)15(2)27/h6-12,14,16H,4-5,13H2,1-3H3,(H,24,28)/t16-/m0/s1. The molecule has 7 heteroatoms. The Labute approximate surface area is 179 Å². The van der Waals surface area contributed by atoms with Crippen LogP contribution in [-0.4, -0.2) is 26.5 Å². The molecular weight excluding hydrogens is 398 g/mol. The largest absolute Gasteiger partial charge is 0.325 e. The van der Waals surface area contributed by atoms with Gasteiger partial charge in [0.25, 0.3) is 5.56 Å². The summed E-state index contributed by atoms with van der Waals surface area (Å²) in [6.45, 7) is 5.89. The molecule has 3 rings (SSSR count). The van der Waals surface area contributed by atoms with Gasteiger partial charge in [0.2, 0.25) is 5.91 Å². The van der Waals surface area contributed by atoms with E-state index in [1.165, 1.54) is 18.7 Å². The summed E-state index contributed by atoms with van der Waals surface area (Å²) < 4.78 is 1.66. The van der Waals surface area contributed by atoms with Gasteiger partial charge in [-0.15, -0.1) is 0 Å². The fraction of sp³-hybridized carbons (Fsp3) is 0.304. The zero-order valence-electron chi connectivity index (χ0n) is 17.3. The quantitative estimate of drug-likeness (QED) is 0.327. The monoisotopic (exact) mass is 423 g/mol. The van der Waals surface area contributed by atoms with Crippen LogP contribution in [0.25, 0.3) is 10.9 Å². The van der Waals surface area contributed by atoms with Gasteiger partial charge >= 0.3 is 0 Å². The zero-order valence-corrected chi connectivity index (χ0v) is 18.2. The molecule has 0 fully saturated rings. The minimum atomic E-state index is -0.480. The molecule has 3 aromatic rings. The molecular formula is C23H25N3O3S. The second kappa shape index (κ2) is 9.71. The van der Waals surface area contributed by atoms with Crippen LogP contribution in [0.1, 0.15) is 44.0 Å². The van der Waals surface area contributed by atoms with Crippen LogP contribution in [0.15, 0.2) is 58.5 Å². The number of ketones is 1. The first kappa shape index (κ1) is 21.8. The van der Waals surface area contributed by atoms with Crippen LogP contribution >= 0.6 is 11.8 Å². The Balaban J connectivity index is 1.85. The Bertz CT molecular complexity index is 1140. The molecule has 0 unspecified atom stereocenters. The molecule has 0 aliphatic rings. The first-order valence-corrected chi connectivity index (χ1v) is 10.9. The Kier molecular flexibility index (Phi) is 7.05. The summed E-state index contributed by atoms with van der Waals surface area (Å²) in [6.07, 6.45) is 1.80. The number of unbranched alkanes of at least 4 members (excludes halogenated alkanes) is 1. The highest BCUT2D eigenvalue weighted by Crippen LogP contribution is 2.24. The van der Waals surface area contributed by atoms with Crippen molar-refractivity contribution in [3.05, 3.63) is 64.4 Å². The number of amides is 1. The van der Waals surface area contributed by atoms with Gasteiger partial charge in [-0.3, -0.25) is 19.0 Å². The van der Waals surface area contributed by atoms with Gasteiger partial charge < -0.3 is 5.32 Å². The molecule has 0 bridgehead atoms. The average molecular weight is 424 g/mol. The van der Waals surface area contributed by atoms with Gasteiger partial charge in [0, 0.05) is 17.8 Å². The maximum atomic E-state index is 13.0. The van der Waals surface area contributed by atoms with Crippen molar-refractivity contribution in [1.82, 2.24) is 9.55 Å². The van der Waals surface area contributed by atoms with Crippen LogP contribution < -0.4 is 10.9 Å². The van der Waals surface area contributed by atoms with Crippen LogP contribution in [0, 0.1) is 0 Å². The van der Waals surface area contributed by atoms with Gasteiger partial charge in [0.1, 0.15) is 0 Å². The normalized spacial score (nSPS) is 12.0. The molecule has 2 aromatic carbocycles. The van der Waals surface area contributed by atoms with E-state index < -0.39 is 5.25 Å². The number of thioether (sulfide) groups is 1. The molecule has 0 saturated heterocycles. The predicted octanol–water partition coefficient (Wildman–Crippen LogP) is 4.52. The number of fused-ring (bicyclic) bond motifs is 1. The van der Waals surface area contributed by atoms with E-state index >= 15 is 0 Å². The van der Waals surface area contributed by atoms with Gasteiger partial charge in [-0.1, -0.05) is 49.4 Å². The number of anilines is 1. The van der Waals surface area contributed by atoms with E-state index in [0.29, 0.717) is 33.9 Å². The molecule has 1 aromatic heterocycles. The Morgan fingerprint density at radius 3 is 2.67 bits per heavy atom. The molecule has 1 heterocycles. The third kappa shape index (κ3) is 4.97. The number of hydrogen-bond donors (Lipinski definition) is 1. The summed E-state index contributed by atoms with van der Waals surface area (Å²) in [5, 5.41) is 3.48. The smallest absolute Gasteiger partial charge is 0.262 e. The summed E-state index contributed by atoms with van der Waals surface area (Å²) in [5.41, 5.74) is 1.64. The molecule has 0 aliphatic heterocycles. The van der Waals surface area contributed by atoms with Gasteiger partial charge in [0.15, 0.2) is 10.9 Å². The molecule has 1 N–H and O–H groups in total. The van der Waals surface area contributed by atoms with Crippen LogP contribution in [0.4, 0.5) is 5.69 Å². The fourth-order valence-electron chi connectivity index (χ4n) is 3.02. The maximum absolute atomic E-state index is 13.0. The van der Waals surface area contributed by atoms with Crippen LogP contribution in [0.5, 0.6) is 0 Å². The minimum Gasteiger partial charge on any atom is -0.325 e. The lowest BCUT2D eigenvalue weighted by Crippen LogP contribution is -2.27. The van der Waals surface area contributed by atoms with Crippen LogP contribution in [-0.2, 0) is 11.3 Å². The number of hydrogen-bond acceptors (Lipinski definition) is 5. The lowest BCUT2D eigenvalue weighted by atomic mass is 10.1. The van der Waals surface area contributed by atoms with E-state index in [1.54, 1.807) is 41.8 Å². The molecule has 6 nitrogen and oxygen atoms in total. The number of nitrogens with zero attached hydrogens (tertiary/aromatic N) is 2. The van der Waals surface area contributed by atoms with Gasteiger partial charge in [-0.2, -0.15) is 0 Å². The van der Waals surface area contributed by atoms with Gasteiger partial charge in [0.05, 0.1) is 16.2 Å². The highest BCUT2D eigenvalue weighted by Gasteiger charge is 2.19. The average Bonchev–Trinajstić information content (AvgIpc) is 2.73. The van der Waals surface area contributed by atoms with Crippen LogP contribution in [0.2, 0.25) is 0 Å². The third-order valence-electron chi connectivity index (χ3n) is 4.75. The number of carbonyl (C=O) groups is 2. The van der Waals surface area contributed by atoms with Crippen molar-refractivity contribution in [3.8, 4) is 0 Å². The predicted molar refractivity (Wildman–Crippen MR) is 121 cm³/mol. The topological polar surface area (TPSA) is 81.1 Å². The Morgan fingerprint density at radius 2 is 1.93 bits per heavy atom. The van der Waals surface area contributed by atoms with Gasteiger partial charge in [-0.25, -0.2) is 4.98 Å². The summed E-state index contributed by atoms with van der Waals surface area (Å²) >= 11 is 1.26. The number of nitrogens with one attached hydrogen (secondary N) is 1. The van der Waals surface area contributed by atoms with E-state index in [9.17, 15) is 14.4 Å². The summed E-state index contributed by atoms with van der Waals surface area (Å²) in [4.78, 5) is 41.9. The van der Waals surface area contributed by atoms with E-state index in [-0.39, 0.29) is 17.2 Å². The molecule has 1 atom stereocenters. The van der Waals surface area contributed by atoms with Crippen molar-refractivity contribution in [3.63, 3.8) is 0 Å². The van der Waals surface area contributed by atoms with Crippen molar-refractivity contribution in [1.29, 1.82) is 0 Å². The van der Waals surface area contributed by atoms with E-state index in [0.717, 1.165) is 12.8 Å². The number of para-hydroxylation sites is 1. The minimum absolute atomic E-state index is 0.0613. The summed E-state index contributed by atoms with van der Waals surface area (Å²) in [7, 11) is 0. The number of Topliss-reactive ketones (excluding diaryl/α,β-unsaturated/α-hetero) is 1. The number of carbonyl (C=O) groups excluding carboxylic acids is 2. The Morgan fingerprint density at radius 1 is 1.17 bits per heavy atom. The summed E-state index contributed by atoms with van der Waals surface area (Å²) in [6, 6.07) is 14.1. The molecule has 0 spiro atoms. The van der Waals surface area contributed by atoms with E-state index in [1.807, 2.05) is 18.2 Å². The van der Waals surface area contributed by atoms with E-state index in [2.05, 4.69) is 17.2 Å². The van der Waals surface area contributed by atoms with Crippen molar-refractivity contribution < 1.29 is 9.59 Å². The van der Waals surface area contributed by atoms with Gasteiger partial charge in [-0.05, 0) is 44.5 Å². The SMILES string of the molecule is CCCCn1c(S[C@@H](C)C(=O)Nc2cccc(C(C)=O)c2)nc2ccccc2c1=O. The summed E-state index contributed by atoms with van der Waals surface area (Å²) in [5.74, 6) is -0.279. The first-order valence-electron chi connectivity index (χ1n) is 9.98. The third-order valence-corrected chi connectivity index (χ3v) is 5.84. The van der Waals surface area contributed by atoms with Crippen molar-refractivity contribution in [2.75, 3.05) is 5.32 Å². The first-order chi connectivity index (χ1) is 14.4. The molecule has 1 amide bonds. The van der Waals surface area contributed by atoms with Crippen LogP contribution in [0.3, 0.4) is 0 Å². The van der Waals surface area contributed by atoms with Crippen molar-refractivity contribution >= 4 is 40.0 Å². The molecule has 30 heavy (non-hydrogen) atoms. The highest BCUT2D eigenvalue weighted by molar-refractivity contribution is 8.00. The maximum Gasteiger partial charge on any atom is 0.262 e. The molecule has 156 valence electrons. The zero-order chi connectivity index (χ0) is 21.7. The molecule has 0 radical (unpaired) electrons. The molecule has 0 saturated carbocycles. The lowest BCUT2D eigenvalue weighted by Gasteiger charge is -2.16. The number of rotatable bonds is 8. The number of aromatic nitrogens is 2. The lowest BCUT2D eigenvalue weighted by molar-refractivity contribution is -0.115. The second-order valence-electron chi connectivity index (χ2n) is 7.11. The Hall–Kier alpha value is -2.93. The van der Waals surface area contributed by atoms with E-state index in [4.69, 9.17) is 0 Å². The number of benzene rings is 2. The fourth-order valence-corrected chi connectivity index (χ4v) is 3.96. The van der Waals surface area contributed by atoms with Crippen molar-refractivity contribution in [2.45, 2.75) is 50.6 Å². The highest BCUT2D eigenvalue weighted by atomic mass is 32.2. The molecule has 0 aliphatic carbocycles. The second-order valence-corrected chi connectivity index (χ2v) is 8.42.